The van der Waals surface area contributed by atoms with Gasteiger partial charge >= 0.3 is 12.1 Å². The Bertz CT molecular complexity index is 1130. The maximum atomic E-state index is 13.0. The van der Waals surface area contributed by atoms with Gasteiger partial charge in [-0.2, -0.15) is 0 Å². The first-order valence-electron chi connectivity index (χ1n) is 15.0. The predicted molar refractivity (Wildman–Crippen MR) is 158 cm³/mol. The molecule has 2 aliphatic rings. The summed E-state index contributed by atoms with van der Waals surface area (Å²) < 4.78 is 32.4. The molecule has 0 radical (unpaired) electrons. The third-order valence-electron chi connectivity index (χ3n) is 8.22. The predicted octanol–water partition coefficient (Wildman–Crippen LogP) is 4.98. The van der Waals surface area contributed by atoms with E-state index >= 15 is 0 Å². The highest BCUT2D eigenvalue weighted by Gasteiger charge is 2.46. The van der Waals surface area contributed by atoms with Gasteiger partial charge in [0.2, 0.25) is 0 Å². The lowest BCUT2D eigenvalue weighted by atomic mass is 9.59. The lowest BCUT2D eigenvalue weighted by molar-refractivity contribution is -0.140. The zero-order valence-electron chi connectivity index (χ0n) is 24.9. The fraction of sp³-hybridized carbons (Fsp3) is 0.576. The molecule has 230 valence electrons. The van der Waals surface area contributed by atoms with Crippen molar-refractivity contribution in [2.75, 3.05) is 53.4 Å². The van der Waals surface area contributed by atoms with Crippen molar-refractivity contribution in [2.24, 2.45) is 5.92 Å². The van der Waals surface area contributed by atoms with E-state index in [0.29, 0.717) is 44.7 Å². The minimum Gasteiger partial charge on any atom is -0.445 e. The quantitative estimate of drug-likeness (QED) is 0.178. The molecule has 1 fully saturated rings. The molecule has 2 bridgehead atoms. The van der Waals surface area contributed by atoms with E-state index < -0.39 is 12.1 Å². The van der Waals surface area contributed by atoms with Crippen LogP contribution in [0.2, 0.25) is 0 Å². The van der Waals surface area contributed by atoms with E-state index in [1.807, 2.05) is 42.5 Å². The van der Waals surface area contributed by atoms with E-state index in [9.17, 15) is 9.59 Å². The summed E-state index contributed by atoms with van der Waals surface area (Å²) in [6, 6.07) is 15.5. The Morgan fingerprint density at radius 3 is 2.40 bits per heavy atom. The number of benzene rings is 2. The monoisotopic (exact) mass is 583 g/mol. The van der Waals surface area contributed by atoms with Crippen molar-refractivity contribution in [3.63, 3.8) is 0 Å². The number of hydrogen-bond donors (Lipinski definition) is 1. The summed E-state index contributed by atoms with van der Waals surface area (Å²) in [6.07, 6.45) is 5.84. The molecule has 3 atom stereocenters. The Kier molecular flexibility index (Phi) is 12.6. The summed E-state index contributed by atoms with van der Waals surface area (Å²) in [5.41, 5.74) is 3.02. The fourth-order valence-corrected chi connectivity index (χ4v) is 6.12. The van der Waals surface area contributed by atoms with Crippen LogP contribution in [0.4, 0.5) is 4.79 Å². The standard InChI is InChI=1S/C33H45NO8/c1-33-14-8-4-7-11-27(31(33)34-32(36)41-23-25-9-5-3-6-10-25)21-26-12-13-28(22-29(26)33)42-30(35)24-40-20-19-39-18-17-38-16-15-37-2/h3,5-6,9-10,12-13,22,27,31H,4,7-8,11,14-21,23-24H2,1-2H3,(H,34,36)/t27-,31-,33+/m0/s1. The van der Waals surface area contributed by atoms with Gasteiger partial charge in [0.1, 0.15) is 19.0 Å². The SMILES string of the molecule is COCCOCCOCCOCC(=O)Oc1ccc2c(c1)[C@@]1(C)CCCCC[C@@H](C2)[C@@H]1NC(=O)OCc1ccccc1. The first-order valence-corrected chi connectivity index (χ1v) is 15.0. The Morgan fingerprint density at radius 1 is 0.905 bits per heavy atom. The van der Waals surface area contributed by atoms with Crippen LogP contribution in [-0.2, 0) is 46.9 Å². The van der Waals surface area contributed by atoms with Crippen LogP contribution in [0.3, 0.4) is 0 Å². The lowest BCUT2D eigenvalue weighted by Crippen LogP contribution is -2.57. The van der Waals surface area contributed by atoms with Gasteiger partial charge in [0.15, 0.2) is 0 Å². The van der Waals surface area contributed by atoms with Gasteiger partial charge in [0.25, 0.3) is 0 Å². The summed E-state index contributed by atoms with van der Waals surface area (Å²) in [7, 11) is 1.63. The number of carbonyl (C=O) groups excluding carboxylic acids is 2. The van der Waals surface area contributed by atoms with Crippen molar-refractivity contribution < 1.29 is 38.0 Å². The van der Waals surface area contributed by atoms with Gasteiger partial charge in [0, 0.05) is 18.6 Å². The van der Waals surface area contributed by atoms with Gasteiger partial charge in [-0.1, -0.05) is 62.6 Å². The number of amides is 1. The number of carbonyl (C=O) groups is 2. The van der Waals surface area contributed by atoms with Crippen molar-refractivity contribution >= 4 is 12.1 Å². The molecule has 4 rings (SSSR count). The molecule has 2 aliphatic carbocycles. The van der Waals surface area contributed by atoms with E-state index in [1.165, 1.54) is 12.0 Å². The summed E-state index contributed by atoms with van der Waals surface area (Å²) in [6.45, 7) is 4.95. The van der Waals surface area contributed by atoms with Crippen molar-refractivity contribution in [1.29, 1.82) is 0 Å². The molecule has 1 amide bonds. The van der Waals surface area contributed by atoms with Gasteiger partial charge in [-0.25, -0.2) is 9.59 Å². The van der Waals surface area contributed by atoms with Crippen LogP contribution in [0.15, 0.2) is 48.5 Å². The van der Waals surface area contributed by atoms with E-state index in [0.717, 1.165) is 43.2 Å². The third kappa shape index (κ3) is 9.26. The largest absolute Gasteiger partial charge is 0.445 e. The van der Waals surface area contributed by atoms with Crippen LogP contribution in [0.5, 0.6) is 5.75 Å². The molecule has 0 spiro atoms. The zero-order valence-corrected chi connectivity index (χ0v) is 24.9. The Hall–Kier alpha value is -2.98. The number of hydrogen-bond acceptors (Lipinski definition) is 8. The van der Waals surface area contributed by atoms with Crippen molar-refractivity contribution in [3.8, 4) is 5.75 Å². The van der Waals surface area contributed by atoms with Crippen molar-refractivity contribution in [1.82, 2.24) is 5.32 Å². The second-order valence-electron chi connectivity index (χ2n) is 11.2. The smallest absolute Gasteiger partial charge is 0.407 e. The number of rotatable bonds is 15. The number of alkyl carbamates (subject to hydrolysis) is 1. The van der Waals surface area contributed by atoms with Crippen LogP contribution in [0.1, 0.15) is 55.7 Å². The van der Waals surface area contributed by atoms with Crippen molar-refractivity contribution in [2.45, 2.75) is 63.5 Å². The highest BCUT2D eigenvalue weighted by Crippen LogP contribution is 2.47. The maximum absolute atomic E-state index is 13.0. The number of esters is 1. The first kappa shape index (κ1) is 31.9. The van der Waals surface area contributed by atoms with Crippen LogP contribution < -0.4 is 10.1 Å². The molecule has 2 aromatic carbocycles. The Morgan fingerprint density at radius 2 is 1.64 bits per heavy atom. The van der Waals surface area contributed by atoms with E-state index in [-0.39, 0.29) is 31.3 Å². The van der Waals surface area contributed by atoms with Crippen LogP contribution >= 0.6 is 0 Å². The van der Waals surface area contributed by atoms with Gasteiger partial charge in [-0.05, 0) is 54.0 Å². The molecule has 2 aromatic rings. The number of fused-ring (bicyclic) bond motifs is 4. The van der Waals surface area contributed by atoms with E-state index in [2.05, 4.69) is 18.3 Å². The average molecular weight is 584 g/mol. The van der Waals surface area contributed by atoms with Gasteiger partial charge in [-0.15, -0.1) is 0 Å². The molecule has 1 saturated carbocycles. The second kappa shape index (κ2) is 16.6. The fourth-order valence-electron chi connectivity index (χ4n) is 6.12. The minimum absolute atomic E-state index is 0.0757. The van der Waals surface area contributed by atoms with E-state index in [4.69, 9.17) is 28.4 Å². The molecular weight excluding hydrogens is 538 g/mol. The number of ether oxygens (including phenoxy) is 6. The molecule has 0 aliphatic heterocycles. The van der Waals surface area contributed by atoms with Crippen molar-refractivity contribution in [3.05, 3.63) is 65.2 Å². The molecule has 9 nitrogen and oxygen atoms in total. The molecule has 0 unspecified atom stereocenters. The molecule has 9 heteroatoms. The maximum Gasteiger partial charge on any atom is 0.407 e. The molecule has 1 N–H and O–H groups in total. The van der Waals surface area contributed by atoms with Gasteiger partial charge in [-0.3, -0.25) is 0 Å². The normalized spacial score (nSPS) is 21.5. The Balaban J connectivity index is 1.32. The molecule has 42 heavy (non-hydrogen) atoms. The van der Waals surface area contributed by atoms with Gasteiger partial charge < -0.3 is 33.7 Å². The van der Waals surface area contributed by atoms with Crippen LogP contribution in [0, 0.1) is 5.92 Å². The topological polar surface area (TPSA) is 102 Å². The van der Waals surface area contributed by atoms with Crippen LogP contribution in [-0.4, -0.2) is 71.5 Å². The molecule has 0 saturated heterocycles. The van der Waals surface area contributed by atoms with Gasteiger partial charge in [0.05, 0.1) is 39.6 Å². The first-order chi connectivity index (χ1) is 20.5. The highest BCUT2D eigenvalue weighted by atomic mass is 16.6. The minimum atomic E-state index is -0.464. The summed E-state index contributed by atoms with van der Waals surface area (Å²) >= 11 is 0. The molecular formula is C33H45NO8. The molecule has 0 heterocycles. The lowest BCUT2D eigenvalue weighted by Gasteiger charge is -2.49. The summed E-state index contributed by atoms with van der Waals surface area (Å²) in [5, 5.41) is 3.25. The Labute approximate surface area is 249 Å². The van der Waals surface area contributed by atoms with E-state index in [1.54, 1.807) is 7.11 Å². The highest BCUT2D eigenvalue weighted by molar-refractivity contribution is 5.74. The molecule has 0 aromatic heterocycles. The van der Waals surface area contributed by atoms with Crippen LogP contribution in [0.25, 0.3) is 0 Å². The summed E-state index contributed by atoms with van der Waals surface area (Å²) in [4.78, 5) is 25.5. The number of nitrogens with one attached hydrogen (secondary N) is 1. The second-order valence-corrected chi connectivity index (χ2v) is 11.2. The average Bonchev–Trinajstić information content (AvgIpc) is 2.99. The number of methoxy groups -OCH3 is 1. The summed E-state index contributed by atoms with van der Waals surface area (Å²) in [5.74, 6) is 0.334. The third-order valence-corrected chi connectivity index (χ3v) is 8.22. The zero-order chi connectivity index (χ0) is 29.6.